The molecule has 0 bridgehead atoms. The van der Waals surface area contributed by atoms with Gasteiger partial charge in [0.25, 0.3) is 0 Å². The second kappa shape index (κ2) is 9.11. The molecule has 0 aromatic heterocycles. The third kappa shape index (κ3) is 4.52. The van der Waals surface area contributed by atoms with Gasteiger partial charge >= 0.3 is 6.03 Å². The predicted octanol–water partition coefficient (Wildman–Crippen LogP) is 8.08. The Kier molecular flexibility index (Phi) is 6.26. The fourth-order valence-corrected chi connectivity index (χ4v) is 4.12. The van der Waals surface area contributed by atoms with Gasteiger partial charge in [0.15, 0.2) is 0 Å². The summed E-state index contributed by atoms with van der Waals surface area (Å²) in [6.45, 7) is 3.87. The first-order valence-electron chi connectivity index (χ1n) is 10.1. The highest BCUT2D eigenvalue weighted by atomic mass is 35.5. The molecule has 0 spiro atoms. The van der Waals surface area contributed by atoms with Gasteiger partial charge < -0.3 is 15.4 Å². The van der Waals surface area contributed by atoms with Gasteiger partial charge in [-0.05, 0) is 78.6 Å². The molecule has 0 aliphatic carbocycles. The van der Waals surface area contributed by atoms with Crippen LogP contribution in [-0.2, 0) is 0 Å². The number of carbonyl (C=O) groups is 1. The predicted molar refractivity (Wildman–Crippen MR) is 135 cm³/mol. The number of urea groups is 1. The van der Waals surface area contributed by atoms with Crippen LogP contribution in [0.25, 0.3) is 21.9 Å². The molecule has 162 valence electrons. The molecule has 4 aromatic carbocycles. The zero-order chi connectivity index (χ0) is 22.8. The lowest BCUT2D eigenvalue weighted by molar-refractivity contribution is 0.262. The lowest BCUT2D eigenvalue weighted by Crippen LogP contribution is -2.20. The zero-order valence-electron chi connectivity index (χ0n) is 17.9. The third-order valence-corrected chi connectivity index (χ3v) is 6.07. The number of methoxy groups -OCH3 is 1. The van der Waals surface area contributed by atoms with E-state index in [-0.39, 0.29) is 6.03 Å². The van der Waals surface area contributed by atoms with Gasteiger partial charge in [-0.3, -0.25) is 0 Å². The summed E-state index contributed by atoms with van der Waals surface area (Å²) in [6.07, 6.45) is 0. The van der Waals surface area contributed by atoms with Crippen LogP contribution in [0, 0.1) is 13.8 Å². The number of rotatable bonds is 4. The van der Waals surface area contributed by atoms with Crippen molar-refractivity contribution in [2.75, 3.05) is 17.7 Å². The maximum atomic E-state index is 12.9. The molecule has 32 heavy (non-hydrogen) atoms. The molecule has 0 heterocycles. The number of amides is 2. The van der Waals surface area contributed by atoms with Gasteiger partial charge in [-0.25, -0.2) is 4.79 Å². The normalized spacial score (nSPS) is 10.8. The molecule has 4 aromatic rings. The molecule has 0 radical (unpaired) electrons. The molecular formula is C26H22Cl2N2O2. The average Bonchev–Trinajstić information content (AvgIpc) is 2.78. The quantitative estimate of drug-likeness (QED) is 0.320. The van der Waals surface area contributed by atoms with Crippen LogP contribution in [0.15, 0.2) is 66.7 Å². The summed E-state index contributed by atoms with van der Waals surface area (Å²) < 4.78 is 5.35. The van der Waals surface area contributed by atoms with E-state index >= 15 is 0 Å². The standard InChI is InChI=1S/C26H22Cl2N2O2/c1-15-7-8-18(13-23(15)27)17-5-4-6-19(12-17)29-26(31)30-25-16(2)11-24(28)21-10-9-20(32-3)14-22(21)25/h4-14H,1-3H3,(H2,29,30,31). The fraction of sp³-hybridized carbons (Fsp3) is 0.115. The van der Waals surface area contributed by atoms with Gasteiger partial charge in [0.2, 0.25) is 0 Å². The lowest BCUT2D eigenvalue weighted by Gasteiger charge is -2.15. The van der Waals surface area contributed by atoms with Crippen LogP contribution in [0.5, 0.6) is 5.75 Å². The fourth-order valence-electron chi connectivity index (χ4n) is 3.61. The number of anilines is 2. The van der Waals surface area contributed by atoms with E-state index in [0.717, 1.165) is 33.0 Å². The molecule has 4 rings (SSSR count). The van der Waals surface area contributed by atoms with Crippen LogP contribution in [0.1, 0.15) is 11.1 Å². The molecule has 0 unspecified atom stereocenters. The summed E-state index contributed by atoms with van der Waals surface area (Å²) in [5.74, 6) is 0.687. The smallest absolute Gasteiger partial charge is 0.323 e. The van der Waals surface area contributed by atoms with Gasteiger partial charge in [-0.15, -0.1) is 0 Å². The average molecular weight is 465 g/mol. The molecular weight excluding hydrogens is 443 g/mol. The van der Waals surface area contributed by atoms with Crippen LogP contribution in [0.3, 0.4) is 0 Å². The number of halogens is 2. The van der Waals surface area contributed by atoms with E-state index in [0.29, 0.717) is 27.2 Å². The van der Waals surface area contributed by atoms with Crippen molar-refractivity contribution >= 4 is 51.4 Å². The number of hydrogen-bond acceptors (Lipinski definition) is 2. The number of carbonyl (C=O) groups excluding carboxylic acids is 1. The Morgan fingerprint density at radius 3 is 2.31 bits per heavy atom. The Morgan fingerprint density at radius 2 is 1.56 bits per heavy atom. The molecule has 4 nitrogen and oxygen atoms in total. The topological polar surface area (TPSA) is 50.4 Å². The van der Waals surface area contributed by atoms with Crippen LogP contribution in [0.2, 0.25) is 10.0 Å². The van der Waals surface area contributed by atoms with E-state index in [1.165, 1.54) is 0 Å². The molecule has 0 aliphatic heterocycles. The molecule has 0 saturated heterocycles. The molecule has 6 heteroatoms. The summed E-state index contributed by atoms with van der Waals surface area (Å²) in [5.41, 5.74) is 5.17. The van der Waals surface area contributed by atoms with E-state index in [2.05, 4.69) is 10.6 Å². The second-order valence-electron chi connectivity index (χ2n) is 7.59. The summed E-state index contributed by atoms with van der Waals surface area (Å²) in [5, 5.41) is 8.87. The van der Waals surface area contributed by atoms with Crippen molar-refractivity contribution in [3.05, 3.63) is 87.9 Å². The van der Waals surface area contributed by atoms with Crippen molar-refractivity contribution in [2.45, 2.75) is 13.8 Å². The highest BCUT2D eigenvalue weighted by molar-refractivity contribution is 6.36. The molecule has 0 fully saturated rings. The second-order valence-corrected chi connectivity index (χ2v) is 8.40. The van der Waals surface area contributed by atoms with Crippen molar-refractivity contribution in [1.82, 2.24) is 0 Å². The summed E-state index contributed by atoms with van der Waals surface area (Å²) in [4.78, 5) is 12.9. The molecule has 0 saturated carbocycles. The van der Waals surface area contributed by atoms with Gasteiger partial charge in [0.05, 0.1) is 12.8 Å². The van der Waals surface area contributed by atoms with Crippen molar-refractivity contribution in [3.8, 4) is 16.9 Å². The Hall–Kier alpha value is -3.21. The summed E-state index contributed by atoms with van der Waals surface area (Å²) in [7, 11) is 1.60. The number of benzene rings is 4. The van der Waals surface area contributed by atoms with Crippen LogP contribution < -0.4 is 15.4 Å². The third-order valence-electron chi connectivity index (χ3n) is 5.36. The van der Waals surface area contributed by atoms with Gasteiger partial charge in [0.1, 0.15) is 5.75 Å². The van der Waals surface area contributed by atoms with Crippen LogP contribution in [0.4, 0.5) is 16.2 Å². The first-order valence-corrected chi connectivity index (χ1v) is 10.8. The highest BCUT2D eigenvalue weighted by Gasteiger charge is 2.13. The number of nitrogens with one attached hydrogen (secondary N) is 2. The van der Waals surface area contributed by atoms with Crippen LogP contribution in [-0.4, -0.2) is 13.1 Å². The number of aryl methyl sites for hydroxylation is 2. The van der Waals surface area contributed by atoms with Crippen LogP contribution >= 0.6 is 23.2 Å². The Labute approximate surface area is 197 Å². The maximum absolute atomic E-state index is 12.9. The minimum Gasteiger partial charge on any atom is -0.497 e. The van der Waals surface area contributed by atoms with E-state index in [1.54, 1.807) is 7.11 Å². The Morgan fingerprint density at radius 1 is 0.781 bits per heavy atom. The minimum atomic E-state index is -0.348. The largest absolute Gasteiger partial charge is 0.497 e. The zero-order valence-corrected chi connectivity index (χ0v) is 19.4. The van der Waals surface area contributed by atoms with Crippen molar-refractivity contribution in [3.63, 3.8) is 0 Å². The molecule has 2 N–H and O–H groups in total. The highest BCUT2D eigenvalue weighted by Crippen LogP contribution is 2.35. The van der Waals surface area contributed by atoms with Gasteiger partial charge in [-0.1, -0.05) is 47.5 Å². The minimum absolute atomic E-state index is 0.348. The SMILES string of the molecule is COc1ccc2c(Cl)cc(C)c(NC(=O)Nc3cccc(-c4ccc(C)c(Cl)c4)c3)c2c1. The van der Waals surface area contributed by atoms with E-state index < -0.39 is 0 Å². The van der Waals surface area contributed by atoms with Gasteiger partial charge in [0, 0.05) is 26.5 Å². The monoisotopic (exact) mass is 464 g/mol. The lowest BCUT2D eigenvalue weighted by atomic mass is 10.0. The Balaban J connectivity index is 1.61. The van der Waals surface area contributed by atoms with E-state index in [9.17, 15) is 4.79 Å². The van der Waals surface area contributed by atoms with E-state index in [4.69, 9.17) is 27.9 Å². The van der Waals surface area contributed by atoms with Crippen molar-refractivity contribution < 1.29 is 9.53 Å². The number of fused-ring (bicyclic) bond motifs is 1. The number of ether oxygens (including phenoxy) is 1. The summed E-state index contributed by atoms with van der Waals surface area (Å²) in [6, 6.07) is 20.6. The van der Waals surface area contributed by atoms with Crippen molar-refractivity contribution in [1.29, 1.82) is 0 Å². The number of hydrogen-bond donors (Lipinski definition) is 2. The van der Waals surface area contributed by atoms with Gasteiger partial charge in [-0.2, -0.15) is 0 Å². The maximum Gasteiger partial charge on any atom is 0.323 e. The molecule has 0 aliphatic rings. The van der Waals surface area contributed by atoms with Crippen molar-refractivity contribution in [2.24, 2.45) is 0 Å². The van der Waals surface area contributed by atoms with E-state index in [1.807, 2.05) is 80.6 Å². The molecule has 0 atom stereocenters. The first kappa shape index (κ1) is 22.0. The first-order chi connectivity index (χ1) is 15.4. The summed E-state index contributed by atoms with van der Waals surface area (Å²) >= 11 is 12.7. The molecule has 2 amide bonds. The Bertz CT molecular complexity index is 1340.